The SMILES string of the molecule is N=C(C(C=NCC(N)=O)=CN)c1c(Nc2c(F)cccc2F)c(Cl)c[nH]c1=O. The van der Waals surface area contributed by atoms with Crippen molar-refractivity contribution in [2.24, 2.45) is 16.5 Å². The number of aromatic nitrogens is 1. The van der Waals surface area contributed by atoms with Gasteiger partial charge in [0.05, 0.1) is 22.0 Å². The molecule has 7 N–H and O–H groups in total. The molecule has 1 amide bonds. The van der Waals surface area contributed by atoms with Gasteiger partial charge in [0.2, 0.25) is 5.91 Å². The molecule has 0 saturated carbocycles. The molecule has 0 unspecified atom stereocenters. The zero-order chi connectivity index (χ0) is 20.8. The molecular formula is C17H15ClF2N6O2. The summed E-state index contributed by atoms with van der Waals surface area (Å²) in [7, 11) is 0. The maximum Gasteiger partial charge on any atom is 0.259 e. The monoisotopic (exact) mass is 408 g/mol. The highest BCUT2D eigenvalue weighted by Crippen LogP contribution is 2.30. The molecule has 2 rings (SSSR count). The highest BCUT2D eigenvalue weighted by atomic mass is 35.5. The molecule has 8 nitrogen and oxygen atoms in total. The molecule has 0 saturated heterocycles. The Kier molecular flexibility index (Phi) is 6.61. The largest absolute Gasteiger partial charge is 0.404 e. The van der Waals surface area contributed by atoms with Crippen LogP contribution in [0.4, 0.5) is 20.2 Å². The number of aromatic amines is 1. The van der Waals surface area contributed by atoms with Gasteiger partial charge in [0.1, 0.15) is 23.9 Å². The Labute approximate surface area is 162 Å². The molecule has 1 aromatic heterocycles. The predicted octanol–water partition coefficient (Wildman–Crippen LogP) is 1.82. The quantitative estimate of drug-likeness (QED) is 0.444. The molecule has 11 heteroatoms. The average molecular weight is 409 g/mol. The number of nitrogens with zero attached hydrogens (tertiary/aromatic N) is 1. The summed E-state index contributed by atoms with van der Waals surface area (Å²) in [6, 6.07) is 3.20. The van der Waals surface area contributed by atoms with Crippen molar-refractivity contribution in [3.05, 3.63) is 68.7 Å². The number of nitrogens with one attached hydrogen (secondary N) is 3. The molecule has 0 atom stereocenters. The standard InChI is InChI=1S/C17H15ClF2N6O2/c18-9-6-25-17(28)13(14(23)8(4-21)5-24-7-12(22)27)15(9)26-16-10(19)2-1-3-11(16)20/h1-6,23H,7,21H2,(H2,22,27)(H2,25,26,28). The van der Waals surface area contributed by atoms with Gasteiger partial charge in [0.25, 0.3) is 5.56 Å². The van der Waals surface area contributed by atoms with Gasteiger partial charge in [-0.3, -0.25) is 20.0 Å². The van der Waals surface area contributed by atoms with Crippen LogP contribution in [0.15, 0.2) is 46.0 Å². The maximum absolute atomic E-state index is 14.0. The first kappa shape index (κ1) is 20.8. The van der Waals surface area contributed by atoms with Crippen LogP contribution in [0.5, 0.6) is 0 Å². The number of allylic oxidation sites excluding steroid dienone is 1. The van der Waals surface area contributed by atoms with Gasteiger partial charge in [-0.25, -0.2) is 8.78 Å². The summed E-state index contributed by atoms with van der Waals surface area (Å²) in [5.74, 6) is -2.56. The second kappa shape index (κ2) is 8.91. The number of amides is 1. The Balaban J connectivity index is 2.54. The van der Waals surface area contributed by atoms with Crippen molar-refractivity contribution in [1.82, 2.24) is 4.98 Å². The van der Waals surface area contributed by atoms with E-state index in [0.29, 0.717) is 0 Å². The van der Waals surface area contributed by atoms with Crippen LogP contribution < -0.4 is 22.3 Å². The van der Waals surface area contributed by atoms with Crippen LogP contribution in [0.25, 0.3) is 0 Å². The second-order valence-electron chi connectivity index (χ2n) is 5.37. The number of hydrogen-bond acceptors (Lipinski definition) is 6. The van der Waals surface area contributed by atoms with E-state index in [9.17, 15) is 18.4 Å². The van der Waals surface area contributed by atoms with E-state index in [-0.39, 0.29) is 28.4 Å². The number of benzene rings is 1. The van der Waals surface area contributed by atoms with E-state index in [1.807, 2.05) is 0 Å². The lowest BCUT2D eigenvalue weighted by atomic mass is 10.0. The van der Waals surface area contributed by atoms with Crippen molar-refractivity contribution in [1.29, 1.82) is 5.41 Å². The number of carbonyl (C=O) groups is 1. The summed E-state index contributed by atoms with van der Waals surface area (Å²) in [5, 5.41) is 10.6. The van der Waals surface area contributed by atoms with E-state index in [2.05, 4.69) is 15.3 Å². The molecule has 0 radical (unpaired) electrons. The van der Waals surface area contributed by atoms with Gasteiger partial charge in [-0.1, -0.05) is 17.7 Å². The molecule has 0 aliphatic carbocycles. The molecule has 0 spiro atoms. The van der Waals surface area contributed by atoms with E-state index >= 15 is 0 Å². The molecule has 0 bridgehead atoms. The lowest BCUT2D eigenvalue weighted by molar-refractivity contribution is -0.116. The summed E-state index contributed by atoms with van der Waals surface area (Å²) < 4.78 is 28.0. The minimum absolute atomic E-state index is 0.0499. The highest BCUT2D eigenvalue weighted by Gasteiger charge is 2.21. The van der Waals surface area contributed by atoms with E-state index in [4.69, 9.17) is 28.5 Å². The molecule has 1 aromatic carbocycles. The second-order valence-corrected chi connectivity index (χ2v) is 5.78. The van der Waals surface area contributed by atoms with E-state index in [1.54, 1.807) is 0 Å². The van der Waals surface area contributed by atoms with Gasteiger partial charge in [-0.15, -0.1) is 0 Å². The van der Waals surface area contributed by atoms with Gasteiger partial charge >= 0.3 is 0 Å². The van der Waals surface area contributed by atoms with E-state index < -0.39 is 34.5 Å². The topological polar surface area (TPSA) is 150 Å². The molecule has 0 fully saturated rings. The van der Waals surface area contributed by atoms with E-state index in [1.165, 1.54) is 6.07 Å². The highest BCUT2D eigenvalue weighted by molar-refractivity contribution is 6.35. The number of anilines is 2. The number of H-pyrrole nitrogens is 1. The Bertz CT molecular complexity index is 1030. The van der Waals surface area contributed by atoms with Crippen molar-refractivity contribution >= 4 is 40.8 Å². The molecule has 0 aliphatic rings. The molecule has 28 heavy (non-hydrogen) atoms. The molecule has 2 aromatic rings. The fraction of sp³-hybridized carbons (Fsp3) is 0.0588. The zero-order valence-corrected chi connectivity index (χ0v) is 15.0. The summed E-state index contributed by atoms with van der Waals surface area (Å²) in [4.78, 5) is 29.1. The van der Waals surface area contributed by atoms with Crippen LogP contribution in [0.2, 0.25) is 5.02 Å². The lowest BCUT2D eigenvalue weighted by Gasteiger charge is -2.15. The number of nitrogens with two attached hydrogens (primary N) is 2. The van der Waals surface area contributed by atoms with Crippen LogP contribution in [0.1, 0.15) is 5.56 Å². The summed E-state index contributed by atoms with van der Waals surface area (Å²) in [5.41, 5.74) is 8.09. The van der Waals surface area contributed by atoms with Crippen molar-refractivity contribution in [2.45, 2.75) is 0 Å². The fourth-order valence-electron chi connectivity index (χ4n) is 2.18. The van der Waals surface area contributed by atoms with Crippen LogP contribution in [0, 0.1) is 17.0 Å². The van der Waals surface area contributed by atoms with Crippen molar-refractivity contribution < 1.29 is 13.6 Å². The number of primary amides is 1. The van der Waals surface area contributed by atoms with Gasteiger partial charge in [-0.2, -0.15) is 0 Å². The zero-order valence-electron chi connectivity index (χ0n) is 14.2. The fourth-order valence-corrected chi connectivity index (χ4v) is 2.37. The van der Waals surface area contributed by atoms with Crippen LogP contribution in [-0.4, -0.2) is 29.4 Å². The normalized spacial score (nSPS) is 11.6. The molecule has 146 valence electrons. The number of rotatable bonds is 7. The van der Waals surface area contributed by atoms with Crippen LogP contribution in [0.3, 0.4) is 0 Å². The number of carbonyl (C=O) groups excluding carboxylic acids is 1. The first-order chi connectivity index (χ1) is 13.3. The molecule has 1 heterocycles. The first-order valence-electron chi connectivity index (χ1n) is 7.67. The van der Waals surface area contributed by atoms with Gasteiger partial charge in [-0.05, 0) is 12.1 Å². The van der Waals surface area contributed by atoms with Crippen LogP contribution in [-0.2, 0) is 4.79 Å². The van der Waals surface area contributed by atoms with Crippen molar-refractivity contribution in [3.63, 3.8) is 0 Å². The van der Waals surface area contributed by atoms with Crippen LogP contribution >= 0.6 is 11.6 Å². The Morgan fingerprint density at radius 2 is 1.96 bits per heavy atom. The Morgan fingerprint density at radius 3 is 2.54 bits per heavy atom. The first-order valence-corrected chi connectivity index (χ1v) is 8.05. The number of para-hydroxylation sites is 1. The minimum Gasteiger partial charge on any atom is -0.404 e. The predicted molar refractivity (Wildman–Crippen MR) is 103 cm³/mol. The maximum atomic E-state index is 14.0. The van der Waals surface area contributed by atoms with Crippen molar-refractivity contribution in [2.75, 3.05) is 11.9 Å². The summed E-state index contributed by atoms with van der Waals surface area (Å²) >= 11 is 6.07. The smallest absolute Gasteiger partial charge is 0.259 e. The third-order valence-electron chi connectivity index (χ3n) is 3.45. The Morgan fingerprint density at radius 1 is 1.32 bits per heavy atom. The number of hydrogen-bond donors (Lipinski definition) is 5. The van der Waals surface area contributed by atoms with E-state index in [0.717, 1.165) is 30.7 Å². The summed E-state index contributed by atoms with van der Waals surface area (Å²) in [6.45, 7) is -0.359. The van der Waals surface area contributed by atoms with Gasteiger partial charge in [0.15, 0.2) is 0 Å². The minimum atomic E-state index is -0.925. The molecular weight excluding hydrogens is 394 g/mol. The Hall–Kier alpha value is -3.53. The van der Waals surface area contributed by atoms with Gasteiger partial charge in [0, 0.05) is 24.2 Å². The average Bonchev–Trinajstić information content (AvgIpc) is 2.64. The van der Waals surface area contributed by atoms with Gasteiger partial charge < -0.3 is 21.8 Å². The molecule has 0 aliphatic heterocycles. The third-order valence-corrected chi connectivity index (χ3v) is 3.75. The van der Waals surface area contributed by atoms with Crippen molar-refractivity contribution in [3.8, 4) is 0 Å². The number of pyridine rings is 1. The lowest BCUT2D eigenvalue weighted by Crippen LogP contribution is -2.23. The number of aliphatic imine (C=N–C) groups is 1. The summed E-state index contributed by atoms with van der Waals surface area (Å²) in [6.07, 6.45) is 3.15. The third kappa shape index (κ3) is 4.60. The number of halogens is 3.